The smallest absolute Gasteiger partial charge is 0.0208 e. The Hall–Kier alpha value is -0.260. The monoisotopic (exact) mass is 166 g/mol. The van der Waals surface area contributed by atoms with Crippen LogP contribution >= 0.6 is 0 Å². The SMILES string of the molecule is CCC(C)C1C=CCCCCC1. The molecule has 1 aliphatic carbocycles. The number of rotatable bonds is 2. The molecule has 1 aliphatic rings. The maximum Gasteiger partial charge on any atom is -0.0208 e. The minimum absolute atomic E-state index is 0.871. The predicted molar refractivity (Wildman–Crippen MR) is 55.2 cm³/mol. The van der Waals surface area contributed by atoms with E-state index in [-0.39, 0.29) is 0 Å². The molecular formula is C12H22. The Morgan fingerprint density at radius 1 is 1.33 bits per heavy atom. The standard InChI is InChI=1S/C12H22/c1-3-11(2)12-9-7-5-4-6-8-10-12/h7,9,11-12H,3-6,8,10H2,1-2H3. The zero-order valence-electron chi connectivity index (χ0n) is 8.55. The van der Waals surface area contributed by atoms with E-state index in [1.807, 2.05) is 0 Å². The van der Waals surface area contributed by atoms with Crippen molar-refractivity contribution in [1.29, 1.82) is 0 Å². The van der Waals surface area contributed by atoms with E-state index < -0.39 is 0 Å². The van der Waals surface area contributed by atoms with Crippen molar-refractivity contribution < 1.29 is 0 Å². The fraction of sp³-hybridized carbons (Fsp3) is 0.833. The summed E-state index contributed by atoms with van der Waals surface area (Å²) in [6.45, 7) is 4.69. The van der Waals surface area contributed by atoms with Crippen LogP contribution < -0.4 is 0 Å². The molecule has 0 nitrogen and oxygen atoms in total. The Morgan fingerprint density at radius 3 is 2.92 bits per heavy atom. The zero-order chi connectivity index (χ0) is 8.81. The van der Waals surface area contributed by atoms with E-state index in [4.69, 9.17) is 0 Å². The summed E-state index contributed by atoms with van der Waals surface area (Å²) < 4.78 is 0. The minimum atomic E-state index is 0.871. The molecule has 0 aromatic carbocycles. The van der Waals surface area contributed by atoms with Gasteiger partial charge >= 0.3 is 0 Å². The van der Waals surface area contributed by atoms with Gasteiger partial charge < -0.3 is 0 Å². The first-order valence-electron chi connectivity index (χ1n) is 5.51. The van der Waals surface area contributed by atoms with E-state index in [2.05, 4.69) is 26.0 Å². The van der Waals surface area contributed by atoms with Gasteiger partial charge in [-0.2, -0.15) is 0 Å². The molecule has 0 spiro atoms. The van der Waals surface area contributed by atoms with Gasteiger partial charge in [0.25, 0.3) is 0 Å². The van der Waals surface area contributed by atoms with Crippen LogP contribution in [-0.2, 0) is 0 Å². The van der Waals surface area contributed by atoms with Crippen molar-refractivity contribution in [2.75, 3.05) is 0 Å². The number of allylic oxidation sites excluding steroid dienone is 2. The Bertz CT molecular complexity index is 135. The Labute approximate surface area is 77.1 Å². The van der Waals surface area contributed by atoms with E-state index in [1.165, 1.54) is 38.5 Å². The van der Waals surface area contributed by atoms with E-state index in [9.17, 15) is 0 Å². The molecule has 0 aromatic rings. The topological polar surface area (TPSA) is 0 Å². The third-order valence-electron chi connectivity index (χ3n) is 3.17. The van der Waals surface area contributed by atoms with Crippen LogP contribution in [0.5, 0.6) is 0 Å². The quantitative estimate of drug-likeness (QED) is 0.540. The lowest BCUT2D eigenvalue weighted by Crippen LogP contribution is -2.09. The molecule has 1 rings (SSSR count). The van der Waals surface area contributed by atoms with E-state index >= 15 is 0 Å². The van der Waals surface area contributed by atoms with Crippen LogP contribution in [0, 0.1) is 11.8 Å². The van der Waals surface area contributed by atoms with E-state index in [0.29, 0.717) is 0 Å². The van der Waals surface area contributed by atoms with Crippen molar-refractivity contribution in [1.82, 2.24) is 0 Å². The summed E-state index contributed by atoms with van der Waals surface area (Å²) in [6, 6.07) is 0. The molecule has 0 heterocycles. The summed E-state index contributed by atoms with van der Waals surface area (Å²) in [5, 5.41) is 0. The molecular weight excluding hydrogens is 144 g/mol. The highest BCUT2D eigenvalue weighted by Crippen LogP contribution is 2.25. The minimum Gasteiger partial charge on any atom is -0.0882 e. The molecule has 0 saturated heterocycles. The third kappa shape index (κ3) is 3.00. The van der Waals surface area contributed by atoms with Crippen LogP contribution in [0.3, 0.4) is 0 Å². The predicted octanol–water partition coefficient (Wildman–Crippen LogP) is 4.17. The van der Waals surface area contributed by atoms with Crippen molar-refractivity contribution >= 4 is 0 Å². The van der Waals surface area contributed by atoms with Gasteiger partial charge in [0, 0.05) is 0 Å². The summed E-state index contributed by atoms with van der Waals surface area (Å²) in [5.41, 5.74) is 0. The second-order valence-electron chi connectivity index (χ2n) is 4.12. The average molecular weight is 166 g/mol. The van der Waals surface area contributed by atoms with Crippen molar-refractivity contribution in [3.63, 3.8) is 0 Å². The van der Waals surface area contributed by atoms with Crippen LogP contribution in [0.2, 0.25) is 0 Å². The summed E-state index contributed by atoms with van der Waals surface area (Å²) in [7, 11) is 0. The number of hydrogen-bond donors (Lipinski definition) is 0. The first-order chi connectivity index (χ1) is 5.84. The Balaban J connectivity index is 2.43. The summed E-state index contributed by atoms with van der Waals surface area (Å²) >= 11 is 0. The van der Waals surface area contributed by atoms with E-state index in [0.717, 1.165) is 11.8 Å². The fourth-order valence-corrected chi connectivity index (χ4v) is 1.96. The lowest BCUT2D eigenvalue weighted by Gasteiger charge is -2.20. The van der Waals surface area contributed by atoms with Crippen LogP contribution in [-0.4, -0.2) is 0 Å². The van der Waals surface area contributed by atoms with Gasteiger partial charge in [-0.1, -0.05) is 45.3 Å². The number of hydrogen-bond acceptors (Lipinski definition) is 0. The lowest BCUT2D eigenvalue weighted by molar-refractivity contribution is 0.374. The summed E-state index contributed by atoms with van der Waals surface area (Å²) in [4.78, 5) is 0. The van der Waals surface area contributed by atoms with Gasteiger partial charge in [0.1, 0.15) is 0 Å². The highest BCUT2D eigenvalue weighted by molar-refractivity contribution is 4.91. The van der Waals surface area contributed by atoms with Crippen LogP contribution in [0.4, 0.5) is 0 Å². The molecule has 0 radical (unpaired) electrons. The normalized spacial score (nSPS) is 27.7. The van der Waals surface area contributed by atoms with Gasteiger partial charge in [-0.15, -0.1) is 0 Å². The molecule has 0 aromatic heterocycles. The molecule has 70 valence electrons. The third-order valence-corrected chi connectivity index (χ3v) is 3.17. The van der Waals surface area contributed by atoms with E-state index in [1.54, 1.807) is 0 Å². The second kappa shape index (κ2) is 5.40. The van der Waals surface area contributed by atoms with Crippen LogP contribution in [0.15, 0.2) is 12.2 Å². The molecule has 12 heavy (non-hydrogen) atoms. The van der Waals surface area contributed by atoms with Crippen molar-refractivity contribution in [3.8, 4) is 0 Å². The summed E-state index contributed by atoms with van der Waals surface area (Å²) in [5.74, 6) is 1.76. The average Bonchev–Trinajstić information content (AvgIpc) is 2.02. The maximum absolute atomic E-state index is 2.47. The lowest BCUT2D eigenvalue weighted by atomic mass is 9.85. The highest BCUT2D eigenvalue weighted by atomic mass is 14.2. The first-order valence-corrected chi connectivity index (χ1v) is 5.51. The Morgan fingerprint density at radius 2 is 2.17 bits per heavy atom. The van der Waals surface area contributed by atoms with Crippen molar-refractivity contribution in [2.24, 2.45) is 11.8 Å². The molecule has 0 fully saturated rings. The maximum atomic E-state index is 2.47. The molecule has 0 bridgehead atoms. The molecule has 0 saturated carbocycles. The first kappa shape index (κ1) is 9.83. The molecule has 0 aliphatic heterocycles. The second-order valence-corrected chi connectivity index (χ2v) is 4.12. The van der Waals surface area contributed by atoms with Gasteiger partial charge in [-0.25, -0.2) is 0 Å². The van der Waals surface area contributed by atoms with Gasteiger partial charge in [-0.3, -0.25) is 0 Å². The molecule has 0 amide bonds. The van der Waals surface area contributed by atoms with Crippen LogP contribution in [0.25, 0.3) is 0 Å². The molecule has 2 atom stereocenters. The highest BCUT2D eigenvalue weighted by Gasteiger charge is 2.12. The largest absolute Gasteiger partial charge is 0.0882 e. The molecule has 0 heteroatoms. The molecule has 0 N–H and O–H groups in total. The van der Waals surface area contributed by atoms with Crippen molar-refractivity contribution in [2.45, 2.75) is 52.4 Å². The van der Waals surface area contributed by atoms with Gasteiger partial charge in [0.05, 0.1) is 0 Å². The van der Waals surface area contributed by atoms with Crippen molar-refractivity contribution in [3.05, 3.63) is 12.2 Å². The van der Waals surface area contributed by atoms with Gasteiger partial charge in [0.2, 0.25) is 0 Å². The Kier molecular flexibility index (Phi) is 4.42. The molecule has 2 unspecified atom stereocenters. The van der Waals surface area contributed by atoms with Gasteiger partial charge in [0.15, 0.2) is 0 Å². The van der Waals surface area contributed by atoms with Gasteiger partial charge in [-0.05, 0) is 31.1 Å². The zero-order valence-corrected chi connectivity index (χ0v) is 8.55. The van der Waals surface area contributed by atoms with Crippen LogP contribution in [0.1, 0.15) is 52.4 Å². The summed E-state index contributed by atoms with van der Waals surface area (Å²) in [6.07, 6.45) is 13.2. The fourth-order valence-electron chi connectivity index (χ4n) is 1.96.